The second-order valence-electron chi connectivity index (χ2n) is 17.7. The minimum absolute atomic E-state index is 0.128. The average Bonchev–Trinajstić information content (AvgIpc) is 4.00. The number of furan rings is 1. The molecule has 0 radical (unpaired) electrons. The van der Waals surface area contributed by atoms with Crippen molar-refractivity contribution in [3.63, 3.8) is 0 Å². The Kier molecular flexibility index (Phi) is 7.58. The lowest BCUT2D eigenvalue weighted by atomic mass is 9.57. The molecule has 1 fully saturated rings. The Labute approximate surface area is 369 Å². The van der Waals surface area contributed by atoms with Gasteiger partial charge in [-0.25, -0.2) is 15.0 Å². The quantitative estimate of drug-likeness (QED) is 0.177. The molecule has 0 N–H and O–H groups in total. The van der Waals surface area contributed by atoms with Gasteiger partial charge in [-0.15, -0.1) is 0 Å². The number of nitrogens with zero attached hydrogens (tertiary/aromatic N) is 4. The SMILES string of the molecule is c1ccc(-c2nc(-c3ccccc3)nc(-c3cccc4oc5ccc(-n6c7ccccc7c7cc8c(cc76)OC6CCCCC6C86c7ccccc7-c7ccccc76)cc5c34)n2)cc1. The number of aromatic nitrogens is 4. The van der Waals surface area contributed by atoms with Crippen molar-refractivity contribution in [1.82, 2.24) is 19.5 Å². The maximum absolute atomic E-state index is 7.26. The van der Waals surface area contributed by atoms with E-state index in [-0.39, 0.29) is 11.5 Å². The van der Waals surface area contributed by atoms with E-state index in [1.54, 1.807) is 0 Å². The second kappa shape index (κ2) is 13.6. The molecule has 2 unspecified atom stereocenters. The predicted octanol–water partition coefficient (Wildman–Crippen LogP) is 14.1. The van der Waals surface area contributed by atoms with Crippen LogP contribution in [0.5, 0.6) is 5.75 Å². The van der Waals surface area contributed by atoms with E-state index < -0.39 is 0 Å². The molecule has 4 heterocycles. The highest BCUT2D eigenvalue weighted by atomic mass is 16.5. The lowest BCUT2D eigenvalue weighted by Crippen LogP contribution is -2.50. The fourth-order valence-electron chi connectivity index (χ4n) is 11.8. The zero-order valence-electron chi connectivity index (χ0n) is 34.9. The van der Waals surface area contributed by atoms with Crippen molar-refractivity contribution in [2.75, 3.05) is 0 Å². The van der Waals surface area contributed by atoms with E-state index in [1.165, 1.54) is 51.4 Å². The maximum atomic E-state index is 7.26. The van der Waals surface area contributed by atoms with Crippen molar-refractivity contribution >= 4 is 43.7 Å². The summed E-state index contributed by atoms with van der Waals surface area (Å²) >= 11 is 0. The van der Waals surface area contributed by atoms with Gasteiger partial charge in [-0.05, 0) is 77.9 Å². The van der Waals surface area contributed by atoms with E-state index in [2.05, 4.69) is 114 Å². The van der Waals surface area contributed by atoms with Gasteiger partial charge in [-0.1, -0.05) is 146 Å². The molecule has 64 heavy (non-hydrogen) atoms. The van der Waals surface area contributed by atoms with Crippen LogP contribution in [0.2, 0.25) is 0 Å². The fraction of sp³-hybridized carbons (Fsp3) is 0.121. The molecule has 1 aliphatic heterocycles. The van der Waals surface area contributed by atoms with Gasteiger partial charge in [0.15, 0.2) is 17.5 Å². The maximum Gasteiger partial charge on any atom is 0.164 e. The van der Waals surface area contributed by atoms with Gasteiger partial charge in [0.2, 0.25) is 0 Å². The summed E-state index contributed by atoms with van der Waals surface area (Å²) in [7, 11) is 0. The van der Waals surface area contributed by atoms with Gasteiger partial charge in [0.05, 0.1) is 16.4 Å². The Morgan fingerprint density at radius 3 is 1.86 bits per heavy atom. The first-order valence-electron chi connectivity index (χ1n) is 22.5. The van der Waals surface area contributed by atoms with Crippen molar-refractivity contribution in [2.45, 2.75) is 37.2 Å². The lowest BCUT2D eigenvalue weighted by Gasteiger charge is -2.50. The number of rotatable bonds is 4. The summed E-state index contributed by atoms with van der Waals surface area (Å²) in [6.45, 7) is 0. The average molecular weight is 825 g/mol. The van der Waals surface area contributed by atoms with Crippen molar-refractivity contribution < 1.29 is 9.15 Å². The minimum Gasteiger partial charge on any atom is -0.490 e. The standard InChI is InChI=1S/C58H40N4O2/c1-3-16-35(17-4-1)55-59-56(36-18-5-2-6-19-36)61-57(60-55)41-23-15-29-52-54(41)43-32-37(30-31-50(43)63-52)62-48-27-13-9-22-40(48)42-33-47-53(34-49(42)62)64-51-28-14-12-26-46(51)58(47)44-24-10-7-20-38(44)39-21-8-11-25-45(39)58/h1-11,13,15-25,27,29-34,46,51H,12,14,26,28H2. The van der Waals surface area contributed by atoms with Gasteiger partial charge < -0.3 is 13.7 Å². The molecule has 0 saturated heterocycles. The summed E-state index contributed by atoms with van der Waals surface area (Å²) in [6, 6.07) is 64.9. The van der Waals surface area contributed by atoms with Crippen LogP contribution in [0, 0.1) is 5.92 Å². The van der Waals surface area contributed by atoms with Crippen LogP contribution in [0.15, 0.2) is 186 Å². The third kappa shape index (κ3) is 4.99. The fourth-order valence-corrected chi connectivity index (χ4v) is 11.8. The molecular weight excluding hydrogens is 785 g/mol. The molecule has 6 nitrogen and oxygen atoms in total. The lowest BCUT2D eigenvalue weighted by molar-refractivity contribution is 0.0429. The van der Waals surface area contributed by atoms with Gasteiger partial charge in [0, 0.05) is 61.5 Å². The molecule has 0 bridgehead atoms. The van der Waals surface area contributed by atoms with Crippen LogP contribution < -0.4 is 4.74 Å². The zero-order valence-corrected chi connectivity index (χ0v) is 34.9. The molecule has 2 atom stereocenters. The first-order chi connectivity index (χ1) is 31.7. The number of hydrogen-bond acceptors (Lipinski definition) is 5. The highest BCUT2D eigenvalue weighted by Crippen LogP contribution is 2.63. The van der Waals surface area contributed by atoms with Crippen LogP contribution in [-0.4, -0.2) is 25.6 Å². The van der Waals surface area contributed by atoms with E-state index in [0.717, 1.165) is 73.9 Å². The number of ether oxygens (including phenoxy) is 1. The minimum atomic E-state index is -0.302. The molecule has 14 rings (SSSR count). The normalized spacial score (nSPS) is 17.1. The Hall–Kier alpha value is -7.83. The van der Waals surface area contributed by atoms with E-state index in [4.69, 9.17) is 24.1 Å². The Balaban J connectivity index is 1.00. The number of fused-ring (bicyclic) bond motifs is 15. The Morgan fingerprint density at radius 2 is 1.11 bits per heavy atom. The molecule has 3 aromatic heterocycles. The van der Waals surface area contributed by atoms with Crippen molar-refractivity contribution in [1.29, 1.82) is 0 Å². The first-order valence-corrected chi connectivity index (χ1v) is 22.5. The predicted molar refractivity (Wildman–Crippen MR) is 256 cm³/mol. The highest BCUT2D eigenvalue weighted by Gasteiger charge is 2.57. The third-order valence-corrected chi connectivity index (χ3v) is 14.4. The van der Waals surface area contributed by atoms with Crippen LogP contribution in [0.4, 0.5) is 0 Å². The molecule has 8 aromatic carbocycles. The monoisotopic (exact) mass is 824 g/mol. The molecule has 3 aliphatic rings. The van der Waals surface area contributed by atoms with E-state index in [9.17, 15) is 0 Å². The van der Waals surface area contributed by atoms with Crippen LogP contribution in [-0.2, 0) is 5.41 Å². The molecular formula is C58H40N4O2. The van der Waals surface area contributed by atoms with E-state index in [1.807, 2.05) is 72.8 Å². The smallest absolute Gasteiger partial charge is 0.164 e. The molecule has 11 aromatic rings. The summed E-state index contributed by atoms with van der Waals surface area (Å²) in [5.41, 5.74) is 14.1. The highest BCUT2D eigenvalue weighted by molar-refractivity contribution is 6.14. The Morgan fingerprint density at radius 1 is 0.469 bits per heavy atom. The number of benzene rings is 8. The molecule has 304 valence electrons. The third-order valence-electron chi connectivity index (χ3n) is 14.4. The number of hydrogen-bond donors (Lipinski definition) is 0. The second-order valence-corrected chi connectivity index (χ2v) is 17.7. The zero-order chi connectivity index (χ0) is 41.9. The van der Waals surface area contributed by atoms with Crippen molar-refractivity contribution in [2.24, 2.45) is 5.92 Å². The molecule has 6 heteroatoms. The van der Waals surface area contributed by atoms with Gasteiger partial charge in [0.25, 0.3) is 0 Å². The van der Waals surface area contributed by atoms with Crippen molar-refractivity contribution in [3.05, 3.63) is 199 Å². The molecule has 2 aliphatic carbocycles. The van der Waals surface area contributed by atoms with Crippen LogP contribution >= 0.6 is 0 Å². The van der Waals surface area contributed by atoms with E-state index >= 15 is 0 Å². The summed E-state index contributed by atoms with van der Waals surface area (Å²) in [6.07, 6.45) is 4.73. The molecule has 0 amide bonds. The molecule has 1 spiro atoms. The first kappa shape index (κ1) is 35.7. The van der Waals surface area contributed by atoms with Crippen LogP contribution in [0.1, 0.15) is 42.4 Å². The summed E-state index contributed by atoms with van der Waals surface area (Å²) in [5, 5.41) is 4.40. The van der Waals surface area contributed by atoms with Crippen LogP contribution in [0.25, 0.3) is 94.7 Å². The van der Waals surface area contributed by atoms with Gasteiger partial charge in [0.1, 0.15) is 23.0 Å². The summed E-state index contributed by atoms with van der Waals surface area (Å²) in [5.74, 6) is 3.17. The topological polar surface area (TPSA) is 66.0 Å². The number of para-hydroxylation sites is 1. The van der Waals surface area contributed by atoms with E-state index in [0.29, 0.717) is 23.4 Å². The van der Waals surface area contributed by atoms with Gasteiger partial charge >= 0.3 is 0 Å². The molecule has 1 saturated carbocycles. The van der Waals surface area contributed by atoms with Gasteiger partial charge in [-0.2, -0.15) is 0 Å². The largest absolute Gasteiger partial charge is 0.490 e. The van der Waals surface area contributed by atoms with Gasteiger partial charge in [-0.3, -0.25) is 0 Å². The van der Waals surface area contributed by atoms with Crippen LogP contribution in [0.3, 0.4) is 0 Å². The summed E-state index contributed by atoms with van der Waals surface area (Å²) in [4.78, 5) is 15.2. The van der Waals surface area contributed by atoms with Crippen molar-refractivity contribution in [3.8, 4) is 56.7 Å². The Bertz CT molecular complexity index is 3580. The summed E-state index contributed by atoms with van der Waals surface area (Å²) < 4.78 is 16.3.